The van der Waals surface area contributed by atoms with E-state index in [0.29, 0.717) is 0 Å². The van der Waals surface area contributed by atoms with E-state index in [1.165, 1.54) is 31.6 Å². The Labute approximate surface area is 115 Å². The zero-order chi connectivity index (χ0) is 13.2. The van der Waals surface area contributed by atoms with Crippen LogP contribution in [0.1, 0.15) is 37.9 Å². The van der Waals surface area contributed by atoms with E-state index in [4.69, 9.17) is 5.73 Å². The minimum absolute atomic E-state index is 0.0701. The molecule has 2 atom stereocenters. The predicted octanol–water partition coefficient (Wildman–Crippen LogP) is 1.78. The Bertz CT molecular complexity index is 417. The molecule has 1 aromatic heterocycles. The normalized spacial score (nSPS) is 25.4. The lowest BCUT2D eigenvalue weighted by Crippen LogP contribution is -2.50. The van der Waals surface area contributed by atoms with E-state index in [1.807, 2.05) is 6.20 Å². The van der Waals surface area contributed by atoms with Gasteiger partial charge in [0.2, 0.25) is 0 Å². The Hall–Kier alpha value is -1.13. The quantitative estimate of drug-likeness (QED) is 0.900. The average Bonchev–Trinajstić information content (AvgIpc) is 2.94. The number of fused-ring (bicyclic) bond motifs is 1. The first-order chi connectivity index (χ1) is 9.28. The van der Waals surface area contributed by atoms with Gasteiger partial charge in [0, 0.05) is 31.7 Å². The van der Waals surface area contributed by atoms with Crippen LogP contribution in [-0.2, 0) is 0 Å². The molecule has 3 heterocycles. The molecule has 2 aliphatic heterocycles. The van der Waals surface area contributed by atoms with E-state index < -0.39 is 0 Å². The molecule has 2 fully saturated rings. The first-order valence-corrected chi connectivity index (χ1v) is 7.48. The fourth-order valence-electron chi connectivity index (χ4n) is 3.24. The van der Waals surface area contributed by atoms with Gasteiger partial charge in [-0.15, -0.1) is 0 Å². The Morgan fingerprint density at radius 2 is 2.26 bits per heavy atom. The van der Waals surface area contributed by atoms with E-state index in [9.17, 15) is 0 Å². The molecular weight excluding hydrogens is 236 g/mol. The van der Waals surface area contributed by atoms with Crippen LogP contribution in [0.4, 0.5) is 5.69 Å². The number of aromatic nitrogens is 1. The number of rotatable bonds is 3. The molecule has 104 valence electrons. The predicted molar refractivity (Wildman–Crippen MR) is 78.3 cm³/mol. The number of nitrogens with zero attached hydrogens (tertiary/aromatic N) is 3. The summed E-state index contributed by atoms with van der Waals surface area (Å²) in [6.07, 6.45) is 5.65. The highest BCUT2D eigenvalue weighted by Crippen LogP contribution is 2.25. The Kier molecular flexibility index (Phi) is 3.71. The summed E-state index contributed by atoms with van der Waals surface area (Å²) in [5.74, 6) is 0. The van der Waals surface area contributed by atoms with Gasteiger partial charge in [-0.05, 0) is 37.9 Å². The Morgan fingerprint density at radius 3 is 3.00 bits per heavy atom. The largest absolute Gasteiger partial charge is 0.367 e. The highest BCUT2D eigenvalue weighted by Gasteiger charge is 2.30. The first-order valence-electron chi connectivity index (χ1n) is 7.48. The second-order valence-corrected chi connectivity index (χ2v) is 5.73. The van der Waals surface area contributed by atoms with Crippen LogP contribution in [-0.4, -0.2) is 42.1 Å². The van der Waals surface area contributed by atoms with Gasteiger partial charge in [0.25, 0.3) is 0 Å². The minimum atomic E-state index is 0.0701. The summed E-state index contributed by atoms with van der Waals surface area (Å²) in [5.41, 5.74) is 8.26. The minimum Gasteiger partial charge on any atom is -0.367 e. The molecule has 19 heavy (non-hydrogen) atoms. The fourth-order valence-corrected chi connectivity index (χ4v) is 3.24. The van der Waals surface area contributed by atoms with Crippen LogP contribution in [0.2, 0.25) is 0 Å². The second kappa shape index (κ2) is 5.47. The summed E-state index contributed by atoms with van der Waals surface area (Å²) in [6.45, 7) is 6.86. The number of nitrogens with two attached hydrogens (primary N) is 1. The van der Waals surface area contributed by atoms with Gasteiger partial charge in [-0.25, -0.2) is 0 Å². The molecule has 1 unspecified atom stereocenters. The first kappa shape index (κ1) is 12.9. The van der Waals surface area contributed by atoms with Gasteiger partial charge in [0.1, 0.15) is 0 Å². The number of hydrogen-bond donors (Lipinski definition) is 1. The Morgan fingerprint density at radius 1 is 1.37 bits per heavy atom. The van der Waals surface area contributed by atoms with Gasteiger partial charge in [0.05, 0.1) is 17.6 Å². The molecule has 0 amide bonds. The van der Waals surface area contributed by atoms with Crippen LogP contribution >= 0.6 is 0 Å². The molecule has 4 heteroatoms. The molecule has 2 N–H and O–H groups in total. The van der Waals surface area contributed by atoms with E-state index >= 15 is 0 Å². The van der Waals surface area contributed by atoms with E-state index in [0.717, 1.165) is 31.2 Å². The maximum atomic E-state index is 6.01. The smallest absolute Gasteiger partial charge is 0.0572 e. The third-order valence-electron chi connectivity index (χ3n) is 4.54. The number of hydrogen-bond acceptors (Lipinski definition) is 4. The molecule has 0 saturated carbocycles. The summed E-state index contributed by atoms with van der Waals surface area (Å²) >= 11 is 0. The van der Waals surface area contributed by atoms with Gasteiger partial charge in [-0.1, -0.05) is 6.92 Å². The van der Waals surface area contributed by atoms with E-state index in [-0.39, 0.29) is 6.04 Å². The molecule has 0 bridgehead atoms. The monoisotopic (exact) mass is 260 g/mol. The third-order valence-corrected chi connectivity index (χ3v) is 4.54. The van der Waals surface area contributed by atoms with Crippen molar-refractivity contribution in [1.82, 2.24) is 9.88 Å². The Balaban J connectivity index is 1.69. The number of pyridine rings is 1. The van der Waals surface area contributed by atoms with Crippen molar-refractivity contribution in [2.75, 3.05) is 31.1 Å². The molecular formula is C15H24N4. The average molecular weight is 260 g/mol. The van der Waals surface area contributed by atoms with E-state index in [1.54, 1.807) is 0 Å². The van der Waals surface area contributed by atoms with Crippen LogP contribution < -0.4 is 10.6 Å². The van der Waals surface area contributed by atoms with Crippen molar-refractivity contribution in [1.29, 1.82) is 0 Å². The van der Waals surface area contributed by atoms with Gasteiger partial charge >= 0.3 is 0 Å². The van der Waals surface area contributed by atoms with Gasteiger partial charge < -0.3 is 10.6 Å². The lowest BCUT2D eigenvalue weighted by molar-refractivity contribution is 0.231. The lowest BCUT2D eigenvalue weighted by Gasteiger charge is -2.38. The molecule has 2 saturated heterocycles. The molecule has 4 nitrogen and oxygen atoms in total. The van der Waals surface area contributed by atoms with Crippen molar-refractivity contribution in [3.63, 3.8) is 0 Å². The summed E-state index contributed by atoms with van der Waals surface area (Å²) in [4.78, 5) is 9.63. The molecule has 0 spiro atoms. The third kappa shape index (κ3) is 2.60. The van der Waals surface area contributed by atoms with Crippen molar-refractivity contribution in [2.45, 2.75) is 38.3 Å². The van der Waals surface area contributed by atoms with Crippen LogP contribution in [0.5, 0.6) is 0 Å². The maximum absolute atomic E-state index is 6.01. The number of piperazine rings is 1. The van der Waals surface area contributed by atoms with Crippen LogP contribution in [0.3, 0.4) is 0 Å². The van der Waals surface area contributed by atoms with Crippen LogP contribution in [0.15, 0.2) is 18.3 Å². The molecule has 0 aliphatic carbocycles. The van der Waals surface area contributed by atoms with Gasteiger partial charge in [0.15, 0.2) is 0 Å². The number of anilines is 1. The summed E-state index contributed by atoms with van der Waals surface area (Å²) in [5, 5.41) is 0. The zero-order valence-corrected chi connectivity index (χ0v) is 11.8. The summed E-state index contributed by atoms with van der Waals surface area (Å²) in [6, 6.07) is 5.10. The summed E-state index contributed by atoms with van der Waals surface area (Å²) in [7, 11) is 0. The van der Waals surface area contributed by atoms with E-state index in [2.05, 4.69) is 33.8 Å². The van der Waals surface area contributed by atoms with Crippen molar-refractivity contribution in [3.8, 4) is 0 Å². The second-order valence-electron chi connectivity index (χ2n) is 5.73. The highest BCUT2D eigenvalue weighted by atomic mass is 15.3. The van der Waals surface area contributed by atoms with Gasteiger partial charge in [-0.3, -0.25) is 9.88 Å². The summed E-state index contributed by atoms with van der Waals surface area (Å²) < 4.78 is 0. The molecule has 0 aromatic carbocycles. The van der Waals surface area contributed by atoms with Gasteiger partial charge in [-0.2, -0.15) is 0 Å². The van der Waals surface area contributed by atoms with Crippen molar-refractivity contribution in [2.24, 2.45) is 5.73 Å². The molecule has 1 aromatic rings. The topological polar surface area (TPSA) is 45.4 Å². The molecule has 2 aliphatic rings. The molecule has 0 radical (unpaired) electrons. The molecule has 3 rings (SSSR count). The van der Waals surface area contributed by atoms with Crippen LogP contribution in [0, 0.1) is 0 Å². The fraction of sp³-hybridized carbons (Fsp3) is 0.667. The van der Waals surface area contributed by atoms with Crippen LogP contribution in [0.25, 0.3) is 0 Å². The SMILES string of the molecule is CC[C@@H](N)c1ccc(N2CCN3CCCC3C2)cn1. The van der Waals surface area contributed by atoms with Crippen molar-refractivity contribution < 1.29 is 0 Å². The maximum Gasteiger partial charge on any atom is 0.0572 e. The lowest BCUT2D eigenvalue weighted by atomic mass is 10.1. The highest BCUT2D eigenvalue weighted by molar-refractivity contribution is 5.45. The standard InChI is InChI=1S/C15H24N4/c1-2-14(16)15-6-5-12(10-17-15)19-9-8-18-7-3-4-13(18)11-19/h5-6,10,13-14H,2-4,7-9,11,16H2,1H3/t13?,14-/m1/s1. The zero-order valence-electron chi connectivity index (χ0n) is 11.8. The van der Waals surface area contributed by atoms with Crippen molar-refractivity contribution >= 4 is 5.69 Å². The van der Waals surface area contributed by atoms with Crippen molar-refractivity contribution in [3.05, 3.63) is 24.0 Å².